The molecule has 0 radical (unpaired) electrons. The second-order valence-electron chi connectivity index (χ2n) is 7.43. The number of carbonyl (C=O) groups is 1. The van der Waals surface area contributed by atoms with Gasteiger partial charge in [-0.1, -0.05) is 55.8 Å². The molecular formula is C22H21ClN4O4S2. The molecular weight excluding hydrogens is 484 g/mol. The number of aromatic nitrogens is 2. The van der Waals surface area contributed by atoms with Crippen molar-refractivity contribution < 1.29 is 18.3 Å². The third-order valence-electron chi connectivity index (χ3n) is 4.61. The van der Waals surface area contributed by atoms with Crippen LogP contribution in [0.15, 0.2) is 69.1 Å². The van der Waals surface area contributed by atoms with Crippen LogP contribution in [0.2, 0.25) is 0 Å². The van der Waals surface area contributed by atoms with Crippen molar-refractivity contribution >= 4 is 50.3 Å². The second-order valence-corrected chi connectivity index (χ2v) is 10.6. The van der Waals surface area contributed by atoms with Gasteiger partial charge >= 0.3 is 5.97 Å². The first kappa shape index (κ1) is 24.6. The summed E-state index contributed by atoms with van der Waals surface area (Å²) in [6, 6.07) is 13.7. The monoisotopic (exact) mass is 504 g/mol. The van der Waals surface area contributed by atoms with E-state index >= 15 is 0 Å². The quantitative estimate of drug-likeness (QED) is 0.360. The normalized spacial score (nSPS) is 13.2. The molecule has 2 aromatic carbocycles. The number of nitrogens with two attached hydrogens (primary N) is 1. The molecule has 1 aromatic heterocycles. The maximum Gasteiger partial charge on any atom is 0.353 e. The van der Waals surface area contributed by atoms with E-state index in [0.29, 0.717) is 16.3 Å². The van der Waals surface area contributed by atoms with Crippen molar-refractivity contribution in [3.63, 3.8) is 0 Å². The number of benzene rings is 2. The molecule has 0 aliphatic heterocycles. The van der Waals surface area contributed by atoms with Crippen LogP contribution in [0.3, 0.4) is 0 Å². The highest BCUT2D eigenvalue weighted by Crippen LogP contribution is 2.30. The fourth-order valence-electron chi connectivity index (χ4n) is 2.91. The molecule has 1 heterocycles. The number of aliphatic carboxylic acids is 1. The van der Waals surface area contributed by atoms with Gasteiger partial charge in [-0.3, -0.25) is 0 Å². The number of carboxylic acids is 1. The van der Waals surface area contributed by atoms with Crippen LogP contribution in [0.1, 0.15) is 31.2 Å². The number of para-hydroxylation sites is 1. The van der Waals surface area contributed by atoms with Crippen molar-refractivity contribution in [2.75, 3.05) is 6.26 Å². The van der Waals surface area contributed by atoms with Crippen LogP contribution in [0.25, 0.3) is 10.6 Å². The summed E-state index contributed by atoms with van der Waals surface area (Å²) < 4.78 is 28.1. The highest BCUT2D eigenvalue weighted by molar-refractivity contribution is 7.90. The van der Waals surface area contributed by atoms with Crippen LogP contribution in [0, 0.1) is 0 Å². The van der Waals surface area contributed by atoms with Gasteiger partial charge < -0.3 is 10.8 Å². The van der Waals surface area contributed by atoms with Crippen LogP contribution in [-0.2, 0) is 14.6 Å². The third-order valence-corrected chi connectivity index (χ3v) is 6.87. The number of halogens is 1. The molecule has 0 spiro atoms. The molecule has 0 fully saturated rings. The minimum atomic E-state index is -3.41. The Morgan fingerprint density at radius 3 is 2.52 bits per heavy atom. The van der Waals surface area contributed by atoms with Crippen LogP contribution in [0.4, 0.5) is 5.69 Å². The first-order valence-corrected chi connectivity index (χ1v) is 12.7. The van der Waals surface area contributed by atoms with Gasteiger partial charge in [0.15, 0.2) is 15.7 Å². The van der Waals surface area contributed by atoms with Gasteiger partial charge in [-0.05, 0) is 41.2 Å². The number of sulfone groups is 1. The molecule has 0 amide bonds. The Hall–Kier alpha value is -3.08. The molecule has 0 saturated carbocycles. The summed E-state index contributed by atoms with van der Waals surface area (Å²) in [6.07, 6.45) is 1.12. The zero-order chi connectivity index (χ0) is 24.3. The Balaban J connectivity index is 2.18. The fraction of sp³-hybridized carbons (Fsp3) is 0.182. The molecule has 0 saturated heterocycles. The highest BCUT2D eigenvalue weighted by Gasteiger charge is 2.22. The molecule has 0 aliphatic carbocycles. The molecule has 11 heteroatoms. The van der Waals surface area contributed by atoms with Gasteiger partial charge in [0, 0.05) is 11.8 Å². The Bertz CT molecular complexity index is 1380. The lowest BCUT2D eigenvalue weighted by molar-refractivity contribution is -0.132. The molecule has 8 nitrogen and oxygen atoms in total. The maximum atomic E-state index is 11.9. The fourth-order valence-corrected chi connectivity index (χ4v) is 4.45. The van der Waals surface area contributed by atoms with E-state index in [1.807, 2.05) is 26.0 Å². The van der Waals surface area contributed by atoms with E-state index in [0.717, 1.165) is 23.4 Å². The summed E-state index contributed by atoms with van der Waals surface area (Å²) in [5.74, 6) is -1.18. The van der Waals surface area contributed by atoms with Gasteiger partial charge in [0.1, 0.15) is 21.4 Å². The molecule has 3 aromatic rings. The predicted molar refractivity (Wildman–Crippen MR) is 130 cm³/mol. The van der Waals surface area contributed by atoms with Crippen molar-refractivity contribution in [1.82, 2.24) is 9.36 Å². The number of hydrogen-bond donors (Lipinski definition) is 2. The van der Waals surface area contributed by atoms with E-state index in [4.69, 9.17) is 17.3 Å². The van der Waals surface area contributed by atoms with Crippen molar-refractivity contribution in [2.24, 2.45) is 10.7 Å². The molecule has 172 valence electrons. The molecule has 33 heavy (non-hydrogen) atoms. The van der Waals surface area contributed by atoms with Crippen LogP contribution < -0.4 is 5.73 Å². The standard InChI is InChI=1S/C22H21ClN4O4S2/c1-12(2)15-9-4-5-10-16(15)25-19(17(23)18(24)22(28)29)20-26-21(32-27-20)13-7-6-8-14(11-13)33(3,30)31/h4-12H,24H2,1-3H3,(H,28,29). The smallest absolute Gasteiger partial charge is 0.353 e. The minimum absolute atomic E-state index is 0.00596. The zero-order valence-electron chi connectivity index (χ0n) is 18.0. The molecule has 0 unspecified atom stereocenters. The largest absolute Gasteiger partial charge is 0.477 e. The first-order valence-electron chi connectivity index (χ1n) is 9.70. The Kier molecular flexibility index (Phi) is 7.31. The van der Waals surface area contributed by atoms with Gasteiger partial charge in [0.25, 0.3) is 0 Å². The van der Waals surface area contributed by atoms with Gasteiger partial charge in [-0.2, -0.15) is 4.37 Å². The lowest BCUT2D eigenvalue weighted by Gasteiger charge is -2.10. The van der Waals surface area contributed by atoms with Crippen LogP contribution >= 0.6 is 23.1 Å². The van der Waals surface area contributed by atoms with Gasteiger partial charge in [-0.15, -0.1) is 0 Å². The van der Waals surface area contributed by atoms with E-state index in [1.165, 1.54) is 12.1 Å². The van der Waals surface area contributed by atoms with E-state index in [2.05, 4.69) is 14.3 Å². The number of aliphatic imine (C=N–C) groups is 1. The number of nitrogens with zero attached hydrogens (tertiary/aromatic N) is 3. The van der Waals surface area contributed by atoms with Crippen LogP contribution in [0.5, 0.6) is 0 Å². The number of allylic oxidation sites excluding steroid dienone is 1. The summed E-state index contributed by atoms with van der Waals surface area (Å²) in [4.78, 5) is 20.6. The molecule has 0 bridgehead atoms. The second kappa shape index (κ2) is 9.82. The van der Waals surface area contributed by atoms with Gasteiger partial charge in [0.2, 0.25) is 0 Å². The average Bonchev–Trinajstić information content (AvgIpc) is 3.26. The minimum Gasteiger partial charge on any atom is -0.477 e. The zero-order valence-corrected chi connectivity index (χ0v) is 20.4. The van der Waals surface area contributed by atoms with Crippen molar-refractivity contribution in [1.29, 1.82) is 0 Å². The molecule has 0 atom stereocenters. The lowest BCUT2D eigenvalue weighted by atomic mass is 10.0. The Labute approximate surface area is 200 Å². The SMILES string of the molecule is CC(C)c1ccccc1N=C(C(Cl)=C(N)C(=O)O)c1nsc(-c2cccc(S(C)(=O)=O)c2)n1. The maximum absolute atomic E-state index is 11.9. The van der Waals surface area contributed by atoms with Gasteiger partial charge in [0.05, 0.1) is 10.6 Å². The molecule has 0 aliphatic rings. The van der Waals surface area contributed by atoms with E-state index in [-0.39, 0.29) is 27.4 Å². The van der Waals surface area contributed by atoms with E-state index < -0.39 is 21.5 Å². The summed E-state index contributed by atoms with van der Waals surface area (Å²) in [5.41, 5.74) is 7.14. The first-order chi connectivity index (χ1) is 15.5. The summed E-state index contributed by atoms with van der Waals surface area (Å²) in [7, 11) is -3.41. The van der Waals surface area contributed by atoms with E-state index in [9.17, 15) is 18.3 Å². The summed E-state index contributed by atoms with van der Waals surface area (Å²) >= 11 is 7.34. The third kappa shape index (κ3) is 5.65. The Morgan fingerprint density at radius 1 is 1.18 bits per heavy atom. The van der Waals surface area contributed by atoms with Gasteiger partial charge in [-0.25, -0.2) is 23.2 Å². The number of carboxylic acid groups (broad SMARTS) is 1. The lowest BCUT2D eigenvalue weighted by Crippen LogP contribution is -2.17. The molecule has 3 N–H and O–H groups in total. The van der Waals surface area contributed by atoms with Crippen LogP contribution in [-0.4, -0.2) is 40.8 Å². The number of rotatable bonds is 7. The topological polar surface area (TPSA) is 136 Å². The average molecular weight is 505 g/mol. The molecule has 3 rings (SSSR count). The summed E-state index contributed by atoms with van der Waals surface area (Å²) in [5, 5.41) is 9.45. The van der Waals surface area contributed by atoms with Crippen molar-refractivity contribution in [2.45, 2.75) is 24.7 Å². The highest BCUT2D eigenvalue weighted by atomic mass is 35.5. The van der Waals surface area contributed by atoms with Crippen molar-refractivity contribution in [3.05, 3.63) is 70.6 Å². The van der Waals surface area contributed by atoms with E-state index in [1.54, 1.807) is 24.3 Å². The summed E-state index contributed by atoms with van der Waals surface area (Å²) in [6.45, 7) is 4.01. The van der Waals surface area contributed by atoms with Crippen molar-refractivity contribution in [3.8, 4) is 10.6 Å². The predicted octanol–water partition coefficient (Wildman–Crippen LogP) is 4.35. The number of hydrogen-bond acceptors (Lipinski definition) is 8. The Morgan fingerprint density at radius 2 is 1.88 bits per heavy atom.